The molecule has 5 nitrogen and oxygen atoms in total. The lowest BCUT2D eigenvalue weighted by Crippen LogP contribution is -2.31. The van der Waals surface area contributed by atoms with Crippen molar-refractivity contribution in [2.24, 2.45) is 0 Å². The number of carbonyl (C=O) groups is 2. The third-order valence-corrected chi connectivity index (χ3v) is 4.53. The largest absolute Gasteiger partial charge is 0.483 e. The first-order chi connectivity index (χ1) is 14.5. The molecular weight excluding hydrogens is 383 g/mol. The molecule has 0 radical (unpaired) electrons. The van der Waals surface area contributed by atoms with Gasteiger partial charge in [-0.25, -0.2) is 4.39 Å². The molecule has 0 aliphatic rings. The van der Waals surface area contributed by atoms with Crippen LogP contribution in [0, 0.1) is 5.82 Å². The highest BCUT2D eigenvalue weighted by Gasteiger charge is 2.14. The van der Waals surface area contributed by atoms with Crippen LogP contribution in [0.1, 0.15) is 34.5 Å². The fourth-order valence-electron chi connectivity index (χ4n) is 2.91. The van der Waals surface area contributed by atoms with Crippen molar-refractivity contribution in [1.29, 1.82) is 0 Å². The molecule has 154 valence electrons. The highest BCUT2D eigenvalue weighted by molar-refractivity contribution is 5.97. The molecule has 3 rings (SSSR count). The topological polar surface area (TPSA) is 67.4 Å². The van der Waals surface area contributed by atoms with Crippen LogP contribution in [-0.4, -0.2) is 18.4 Å². The van der Waals surface area contributed by atoms with E-state index in [9.17, 15) is 14.0 Å². The minimum Gasteiger partial charge on any atom is -0.483 e. The van der Waals surface area contributed by atoms with E-state index in [0.717, 1.165) is 11.1 Å². The summed E-state index contributed by atoms with van der Waals surface area (Å²) in [6, 6.07) is 22.0. The smallest absolute Gasteiger partial charge is 0.258 e. The van der Waals surface area contributed by atoms with Crippen molar-refractivity contribution < 1.29 is 18.7 Å². The zero-order valence-corrected chi connectivity index (χ0v) is 16.6. The van der Waals surface area contributed by atoms with Crippen LogP contribution >= 0.6 is 0 Å². The van der Waals surface area contributed by atoms with Gasteiger partial charge in [0.1, 0.15) is 11.6 Å². The van der Waals surface area contributed by atoms with Gasteiger partial charge in [-0.2, -0.15) is 0 Å². The predicted molar refractivity (Wildman–Crippen MR) is 113 cm³/mol. The summed E-state index contributed by atoms with van der Waals surface area (Å²) in [4.78, 5) is 24.8. The molecule has 3 aromatic carbocycles. The zero-order chi connectivity index (χ0) is 21.3. The van der Waals surface area contributed by atoms with Gasteiger partial charge in [-0.3, -0.25) is 9.59 Å². The number of carbonyl (C=O) groups excluding carboxylic acids is 2. The Hall–Kier alpha value is -3.67. The fourth-order valence-corrected chi connectivity index (χ4v) is 2.91. The number of rotatable bonds is 8. The Balaban J connectivity index is 1.55. The Kier molecular flexibility index (Phi) is 7.16. The molecule has 6 heteroatoms. The van der Waals surface area contributed by atoms with Gasteiger partial charge in [0, 0.05) is 6.54 Å². The lowest BCUT2D eigenvalue weighted by atomic mass is 10.1. The van der Waals surface area contributed by atoms with Gasteiger partial charge in [0.05, 0.1) is 11.6 Å². The number of benzene rings is 3. The van der Waals surface area contributed by atoms with Gasteiger partial charge in [0.25, 0.3) is 11.8 Å². The van der Waals surface area contributed by atoms with E-state index in [0.29, 0.717) is 17.9 Å². The number of hydrogen-bond donors (Lipinski definition) is 2. The summed E-state index contributed by atoms with van der Waals surface area (Å²) < 4.78 is 18.6. The number of nitrogens with one attached hydrogen (secondary N) is 2. The highest BCUT2D eigenvalue weighted by atomic mass is 19.1. The van der Waals surface area contributed by atoms with Crippen molar-refractivity contribution >= 4 is 11.8 Å². The van der Waals surface area contributed by atoms with Gasteiger partial charge < -0.3 is 15.4 Å². The molecule has 0 heterocycles. The minimum atomic E-state index is -0.341. The summed E-state index contributed by atoms with van der Waals surface area (Å²) in [5.74, 6) is -0.628. The minimum absolute atomic E-state index is 0.242. The Morgan fingerprint density at radius 1 is 0.933 bits per heavy atom. The lowest BCUT2D eigenvalue weighted by molar-refractivity contribution is -0.123. The van der Waals surface area contributed by atoms with Crippen LogP contribution in [0.4, 0.5) is 4.39 Å². The van der Waals surface area contributed by atoms with Crippen LogP contribution in [0.2, 0.25) is 0 Å². The number of hydrogen-bond acceptors (Lipinski definition) is 3. The van der Waals surface area contributed by atoms with Crippen molar-refractivity contribution in [2.75, 3.05) is 6.61 Å². The predicted octanol–water partition coefficient (Wildman–Crippen LogP) is 4.01. The van der Waals surface area contributed by atoms with Crippen LogP contribution < -0.4 is 15.4 Å². The van der Waals surface area contributed by atoms with E-state index in [4.69, 9.17) is 4.74 Å². The first-order valence-electron chi connectivity index (χ1n) is 9.61. The van der Waals surface area contributed by atoms with Crippen molar-refractivity contribution in [3.05, 3.63) is 101 Å². The molecular formula is C24H23FN2O3. The summed E-state index contributed by atoms with van der Waals surface area (Å²) in [5, 5.41) is 5.65. The number of para-hydroxylation sites is 1. The normalized spacial score (nSPS) is 11.4. The molecule has 0 aliphatic heterocycles. The summed E-state index contributed by atoms with van der Waals surface area (Å²) in [6.45, 7) is 1.95. The number of halogens is 1. The number of ether oxygens (including phenoxy) is 1. The van der Waals surface area contributed by atoms with E-state index in [1.54, 1.807) is 43.3 Å². The van der Waals surface area contributed by atoms with Crippen LogP contribution in [0.25, 0.3) is 0 Å². The summed E-state index contributed by atoms with van der Waals surface area (Å²) in [7, 11) is 0. The van der Waals surface area contributed by atoms with Gasteiger partial charge in [-0.05, 0) is 42.3 Å². The molecule has 0 aliphatic carbocycles. The Morgan fingerprint density at radius 2 is 1.60 bits per heavy atom. The molecule has 0 bridgehead atoms. The molecule has 0 fully saturated rings. The standard InChI is InChI=1S/C24H23FN2O3/c1-17(19-11-13-20(25)14-12-19)27-23(28)16-30-22-10-6-5-9-21(22)24(29)26-15-18-7-3-2-4-8-18/h2-14,17H,15-16H2,1H3,(H,26,29)(H,27,28)/t17-/m0/s1. The first-order valence-corrected chi connectivity index (χ1v) is 9.61. The Bertz CT molecular complexity index is 991. The fraction of sp³-hybridized carbons (Fsp3) is 0.167. The van der Waals surface area contributed by atoms with E-state index in [2.05, 4.69) is 10.6 Å². The number of amides is 2. The van der Waals surface area contributed by atoms with Crippen molar-refractivity contribution in [3.63, 3.8) is 0 Å². The van der Waals surface area contributed by atoms with Gasteiger partial charge in [0.15, 0.2) is 6.61 Å². The van der Waals surface area contributed by atoms with Gasteiger partial charge in [-0.15, -0.1) is 0 Å². The second-order valence-corrected chi connectivity index (χ2v) is 6.79. The van der Waals surface area contributed by atoms with Gasteiger partial charge >= 0.3 is 0 Å². The molecule has 2 N–H and O–H groups in total. The highest BCUT2D eigenvalue weighted by Crippen LogP contribution is 2.18. The Labute approximate surface area is 174 Å². The average Bonchev–Trinajstić information content (AvgIpc) is 2.77. The zero-order valence-electron chi connectivity index (χ0n) is 16.6. The molecule has 2 amide bonds. The van der Waals surface area contributed by atoms with Crippen molar-refractivity contribution in [1.82, 2.24) is 10.6 Å². The molecule has 0 saturated heterocycles. The Morgan fingerprint density at radius 3 is 2.33 bits per heavy atom. The van der Waals surface area contributed by atoms with E-state index in [1.165, 1.54) is 12.1 Å². The maximum absolute atomic E-state index is 13.0. The quantitative estimate of drug-likeness (QED) is 0.594. The van der Waals surface area contributed by atoms with Crippen LogP contribution in [0.3, 0.4) is 0 Å². The molecule has 0 aromatic heterocycles. The lowest BCUT2D eigenvalue weighted by Gasteiger charge is -2.16. The van der Waals surface area contributed by atoms with Gasteiger partial charge in [0.2, 0.25) is 0 Å². The van der Waals surface area contributed by atoms with Crippen molar-refractivity contribution in [2.45, 2.75) is 19.5 Å². The summed E-state index contributed by atoms with van der Waals surface area (Å²) in [5.41, 5.74) is 2.12. The van der Waals surface area contributed by atoms with Crippen LogP contribution in [0.5, 0.6) is 5.75 Å². The first kappa shape index (κ1) is 21.0. The maximum Gasteiger partial charge on any atom is 0.258 e. The second-order valence-electron chi connectivity index (χ2n) is 6.79. The van der Waals surface area contributed by atoms with E-state index < -0.39 is 0 Å². The molecule has 0 unspecified atom stereocenters. The molecule has 0 saturated carbocycles. The molecule has 1 atom stereocenters. The second kappa shape index (κ2) is 10.2. The maximum atomic E-state index is 13.0. The van der Waals surface area contributed by atoms with E-state index in [1.807, 2.05) is 30.3 Å². The van der Waals surface area contributed by atoms with Gasteiger partial charge in [-0.1, -0.05) is 54.6 Å². The third kappa shape index (κ3) is 5.91. The summed E-state index contributed by atoms with van der Waals surface area (Å²) >= 11 is 0. The average molecular weight is 406 g/mol. The summed E-state index contributed by atoms with van der Waals surface area (Å²) in [6.07, 6.45) is 0. The molecule has 0 spiro atoms. The van der Waals surface area contributed by atoms with Crippen LogP contribution in [-0.2, 0) is 11.3 Å². The molecule has 3 aromatic rings. The SMILES string of the molecule is C[C@H](NC(=O)COc1ccccc1C(=O)NCc1ccccc1)c1ccc(F)cc1. The monoisotopic (exact) mass is 406 g/mol. The third-order valence-electron chi connectivity index (χ3n) is 4.53. The van der Waals surface area contributed by atoms with Crippen molar-refractivity contribution in [3.8, 4) is 5.75 Å². The van der Waals surface area contributed by atoms with Crippen LogP contribution in [0.15, 0.2) is 78.9 Å². The molecule has 30 heavy (non-hydrogen) atoms. The van der Waals surface area contributed by atoms with E-state index in [-0.39, 0.29) is 30.3 Å². The van der Waals surface area contributed by atoms with E-state index >= 15 is 0 Å².